The van der Waals surface area contributed by atoms with Crippen molar-refractivity contribution in [3.8, 4) is 11.4 Å². The lowest BCUT2D eigenvalue weighted by Crippen LogP contribution is -2.15. The molecule has 0 spiro atoms. The van der Waals surface area contributed by atoms with Crippen molar-refractivity contribution >= 4 is 0 Å². The highest BCUT2D eigenvalue weighted by molar-refractivity contribution is 5.55. The molecule has 2 aromatic heterocycles. The molecular weight excluding hydrogens is 228 g/mol. The van der Waals surface area contributed by atoms with Gasteiger partial charge in [-0.1, -0.05) is 12.1 Å². The Kier molecular flexibility index (Phi) is 3.72. The van der Waals surface area contributed by atoms with Crippen LogP contribution in [0, 0.1) is 13.8 Å². The van der Waals surface area contributed by atoms with Gasteiger partial charge in [0.1, 0.15) is 0 Å². The third kappa shape index (κ3) is 2.56. The molecule has 96 valence electrons. The molecule has 1 atom stereocenters. The third-order valence-corrected chi connectivity index (χ3v) is 2.84. The maximum Gasteiger partial charge on any atom is 0.244 e. The minimum absolute atomic E-state index is 0.107. The molecule has 0 saturated heterocycles. The second kappa shape index (κ2) is 5.27. The second-order valence-electron chi connectivity index (χ2n) is 4.34. The van der Waals surface area contributed by atoms with E-state index in [0.717, 1.165) is 23.4 Å². The molecule has 2 heterocycles. The quantitative estimate of drug-likeness (QED) is 0.897. The van der Waals surface area contributed by atoms with E-state index in [2.05, 4.69) is 27.4 Å². The molecule has 0 aromatic carbocycles. The van der Waals surface area contributed by atoms with E-state index in [9.17, 15) is 0 Å². The molecule has 0 aliphatic carbocycles. The van der Waals surface area contributed by atoms with Gasteiger partial charge in [0.05, 0.1) is 6.04 Å². The topological polar surface area (TPSA) is 63.8 Å². The van der Waals surface area contributed by atoms with Gasteiger partial charge in [-0.05, 0) is 39.4 Å². The lowest BCUT2D eigenvalue weighted by Gasteiger charge is -2.06. The summed E-state index contributed by atoms with van der Waals surface area (Å²) in [6.07, 6.45) is 0.909. The first-order chi connectivity index (χ1) is 8.63. The minimum Gasteiger partial charge on any atom is -0.337 e. The summed E-state index contributed by atoms with van der Waals surface area (Å²) in [4.78, 5) is 8.77. The highest BCUT2D eigenvalue weighted by atomic mass is 16.5. The van der Waals surface area contributed by atoms with Crippen LogP contribution in [0.4, 0.5) is 0 Å². The van der Waals surface area contributed by atoms with Crippen molar-refractivity contribution in [2.75, 3.05) is 7.05 Å². The highest BCUT2D eigenvalue weighted by Crippen LogP contribution is 2.21. The van der Waals surface area contributed by atoms with Crippen LogP contribution in [0.5, 0.6) is 0 Å². The normalized spacial score (nSPS) is 12.7. The predicted octanol–water partition coefficient (Wildman–Crippen LogP) is 2.42. The van der Waals surface area contributed by atoms with E-state index >= 15 is 0 Å². The minimum atomic E-state index is 0.107. The van der Waals surface area contributed by atoms with Gasteiger partial charge in [0.25, 0.3) is 0 Å². The van der Waals surface area contributed by atoms with Crippen molar-refractivity contribution in [3.05, 3.63) is 29.4 Å². The van der Waals surface area contributed by atoms with Crippen LogP contribution >= 0.6 is 0 Å². The van der Waals surface area contributed by atoms with Crippen LogP contribution in [0.15, 0.2) is 16.7 Å². The Hall–Kier alpha value is -1.75. The number of rotatable bonds is 4. The SMILES string of the molecule is CCC(NC)c1nc(-c2cc(C)nc(C)c2)no1. The number of pyridine rings is 1. The molecule has 2 aromatic rings. The Bertz CT molecular complexity index is 511. The van der Waals surface area contributed by atoms with Crippen LogP contribution in [0.1, 0.15) is 36.7 Å². The Morgan fingerprint density at radius 1 is 1.22 bits per heavy atom. The zero-order valence-corrected chi connectivity index (χ0v) is 11.2. The zero-order chi connectivity index (χ0) is 13.1. The van der Waals surface area contributed by atoms with Crippen molar-refractivity contribution in [2.24, 2.45) is 0 Å². The molecule has 0 aliphatic rings. The molecule has 2 rings (SSSR count). The Morgan fingerprint density at radius 2 is 1.89 bits per heavy atom. The van der Waals surface area contributed by atoms with Gasteiger partial charge in [0.2, 0.25) is 11.7 Å². The molecule has 0 fully saturated rings. The lowest BCUT2D eigenvalue weighted by molar-refractivity contribution is 0.334. The molecule has 5 nitrogen and oxygen atoms in total. The average molecular weight is 246 g/mol. The predicted molar refractivity (Wildman–Crippen MR) is 69.1 cm³/mol. The Labute approximate surface area is 107 Å². The van der Waals surface area contributed by atoms with Gasteiger partial charge >= 0.3 is 0 Å². The largest absolute Gasteiger partial charge is 0.337 e. The van der Waals surface area contributed by atoms with Crippen molar-refractivity contribution in [3.63, 3.8) is 0 Å². The summed E-state index contributed by atoms with van der Waals surface area (Å²) < 4.78 is 5.30. The molecule has 18 heavy (non-hydrogen) atoms. The standard InChI is InChI=1S/C13H18N4O/c1-5-11(14-4)13-16-12(17-18-13)10-6-8(2)15-9(3)7-10/h6-7,11,14H,5H2,1-4H3. The fraction of sp³-hybridized carbons (Fsp3) is 0.462. The maximum absolute atomic E-state index is 5.30. The van der Waals surface area contributed by atoms with Crippen LogP contribution in [0.2, 0.25) is 0 Å². The van der Waals surface area contributed by atoms with Crippen LogP contribution in [-0.4, -0.2) is 22.2 Å². The summed E-state index contributed by atoms with van der Waals surface area (Å²) in [5, 5.41) is 7.18. The highest BCUT2D eigenvalue weighted by Gasteiger charge is 2.16. The molecule has 0 radical (unpaired) electrons. The van der Waals surface area contributed by atoms with E-state index < -0.39 is 0 Å². The summed E-state index contributed by atoms with van der Waals surface area (Å²) in [7, 11) is 1.89. The van der Waals surface area contributed by atoms with Gasteiger partial charge in [-0.25, -0.2) is 0 Å². The van der Waals surface area contributed by atoms with Crippen molar-refractivity contribution in [1.29, 1.82) is 0 Å². The van der Waals surface area contributed by atoms with E-state index in [1.54, 1.807) is 0 Å². The number of aromatic nitrogens is 3. The van der Waals surface area contributed by atoms with Crippen LogP contribution in [0.25, 0.3) is 11.4 Å². The molecule has 0 amide bonds. The van der Waals surface area contributed by atoms with Crippen LogP contribution in [0.3, 0.4) is 0 Å². The maximum atomic E-state index is 5.30. The summed E-state index contributed by atoms with van der Waals surface area (Å²) in [6.45, 7) is 5.99. The number of hydrogen-bond acceptors (Lipinski definition) is 5. The molecule has 1 N–H and O–H groups in total. The zero-order valence-electron chi connectivity index (χ0n) is 11.2. The molecule has 0 saturated carbocycles. The Morgan fingerprint density at radius 3 is 2.44 bits per heavy atom. The van der Waals surface area contributed by atoms with Gasteiger partial charge < -0.3 is 9.84 Å². The summed E-state index contributed by atoms with van der Waals surface area (Å²) in [5.74, 6) is 1.24. The van der Waals surface area contributed by atoms with Gasteiger partial charge in [0.15, 0.2) is 0 Å². The van der Waals surface area contributed by atoms with E-state index in [1.165, 1.54) is 0 Å². The third-order valence-electron chi connectivity index (χ3n) is 2.84. The number of hydrogen-bond donors (Lipinski definition) is 1. The van der Waals surface area contributed by atoms with E-state index in [0.29, 0.717) is 11.7 Å². The summed E-state index contributed by atoms with van der Waals surface area (Å²) >= 11 is 0. The fourth-order valence-corrected chi connectivity index (χ4v) is 1.96. The van der Waals surface area contributed by atoms with Crippen molar-refractivity contribution in [2.45, 2.75) is 33.2 Å². The average Bonchev–Trinajstić information content (AvgIpc) is 2.79. The lowest BCUT2D eigenvalue weighted by atomic mass is 10.2. The molecule has 1 unspecified atom stereocenters. The monoisotopic (exact) mass is 246 g/mol. The first-order valence-electron chi connectivity index (χ1n) is 6.10. The summed E-state index contributed by atoms with van der Waals surface area (Å²) in [5.41, 5.74) is 2.86. The number of nitrogens with one attached hydrogen (secondary N) is 1. The van der Waals surface area contributed by atoms with Crippen LogP contribution < -0.4 is 5.32 Å². The van der Waals surface area contributed by atoms with E-state index in [4.69, 9.17) is 4.52 Å². The van der Waals surface area contributed by atoms with Gasteiger partial charge in [0, 0.05) is 17.0 Å². The van der Waals surface area contributed by atoms with Crippen LogP contribution in [-0.2, 0) is 0 Å². The van der Waals surface area contributed by atoms with E-state index in [1.807, 2.05) is 33.0 Å². The van der Waals surface area contributed by atoms with Crippen molar-refractivity contribution in [1.82, 2.24) is 20.4 Å². The number of nitrogens with zero attached hydrogens (tertiary/aromatic N) is 3. The van der Waals surface area contributed by atoms with Gasteiger partial charge in [-0.3, -0.25) is 4.98 Å². The molecule has 0 aliphatic heterocycles. The second-order valence-corrected chi connectivity index (χ2v) is 4.34. The number of aryl methyl sites for hydroxylation is 2. The van der Waals surface area contributed by atoms with Gasteiger partial charge in [-0.2, -0.15) is 4.98 Å². The fourth-order valence-electron chi connectivity index (χ4n) is 1.96. The Balaban J connectivity index is 2.34. The van der Waals surface area contributed by atoms with Gasteiger partial charge in [-0.15, -0.1) is 0 Å². The van der Waals surface area contributed by atoms with Crippen molar-refractivity contribution < 1.29 is 4.52 Å². The smallest absolute Gasteiger partial charge is 0.244 e. The van der Waals surface area contributed by atoms with E-state index in [-0.39, 0.29) is 6.04 Å². The molecular formula is C13H18N4O. The summed E-state index contributed by atoms with van der Waals surface area (Å²) in [6, 6.07) is 4.03. The molecule has 0 bridgehead atoms. The first kappa shape index (κ1) is 12.7. The first-order valence-corrected chi connectivity index (χ1v) is 6.10. The molecule has 5 heteroatoms.